The molecule has 0 saturated carbocycles. The van der Waals surface area contributed by atoms with Crippen LogP contribution in [0.2, 0.25) is 0 Å². The van der Waals surface area contributed by atoms with E-state index in [0.717, 1.165) is 25.5 Å². The van der Waals surface area contributed by atoms with Gasteiger partial charge in [0.05, 0.1) is 0 Å². The second kappa shape index (κ2) is 6.06. The maximum Gasteiger partial charge on any atom is 0.365 e. The predicted molar refractivity (Wildman–Crippen MR) is 75.4 cm³/mol. The summed E-state index contributed by atoms with van der Waals surface area (Å²) in [6, 6.07) is 0. The van der Waals surface area contributed by atoms with Crippen molar-refractivity contribution in [1.82, 2.24) is 5.32 Å². The average molecular weight is 269 g/mol. The molecular weight excluding hydrogens is 242 g/mol. The summed E-state index contributed by atoms with van der Waals surface area (Å²) >= 11 is 0. The van der Waals surface area contributed by atoms with Crippen molar-refractivity contribution in [2.45, 2.75) is 58.6 Å². The van der Waals surface area contributed by atoms with E-state index >= 15 is 0 Å². The zero-order valence-electron chi connectivity index (χ0n) is 12.8. The monoisotopic (exact) mass is 269 g/mol. The minimum absolute atomic E-state index is 0.0882. The Morgan fingerprint density at radius 3 is 2.63 bits per heavy atom. The Kier molecular flexibility index (Phi) is 5.16. The van der Waals surface area contributed by atoms with Gasteiger partial charge < -0.3 is 5.32 Å². The summed E-state index contributed by atoms with van der Waals surface area (Å²) in [7, 11) is 0. The summed E-state index contributed by atoms with van der Waals surface area (Å²) in [5.41, 5.74) is -0.386. The van der Waals surface area contributed by atoms with Gasteiger partial charge in [0.2, 0.25) is 0 Å². The third-order valence-electron chi connectivity index (χ3n) is 4.28. The Balaban J connectivity index is 2.80. The molecule has 1 aliphatic heterocycles. The van der Waals surface area contributed by atoms with Gasteiger partial charge in [-0.3, -0.25) is 4.89 Å². The van der Waals surface area contributed by atoms with Gasteiger partial charge in [-0.1, -0.05) is 20.4 Å². The highest BCUT2D eigenvalue weighted by atomic mass is 17.2. The van der Waals surface area contributed by atoms with E-state index in [0.29, 0.717) is 5.92 Å². The molecule has 1 N–H and O–H groups in total. The quantitative estimate of drug-likeness (QED) is 0.473. The van der Waals surface area contributed by atoms with Crippen LogP contribution in [0.5, 0.6) is 0 Å². The van der Waals surface area contributed by atoms with Crippen LogP contribution in [0.1, 0.15) is 47.5 Å². The van der Waals surface area contributed by atoms with E-state index in [-0.39, 0.29) is 11.5 Å². The van der Waals surface area contributed by atoms with Crippen molar-refractivity contribution < 1.29 is 14.6 Å². The van der Waals surface area contributed by atoms with Gasteiger partial charge in [0.1, 0.15) is 5.60 Å². The van der Waals surface area contributed by atoms with Crippen molar-refractivity contribution in [2.75, 3.05) is 6.54 Å². The fourth-order valence-corrected chi connectivity index (χ4v) is 2.66. The highest BCUT2D eigenvalue weighted by molar-refractivity contribution is 5.80. The molecule has 0 spiro atoms. The van der Waals surface area contributed by atoms with Crippen LogP contribution in [0, 0.1) is 11.8 Å². The zero-order valence-corrected chi connectivity index (χ0v) is 12.8. The molecule has 1 fully saturated rings. The summed E-state index contributed by atoms with van der Waals surface area (Å²) in [4.78, 5) is 21.6. The minimum Gasteiger partial charge on any atom is -0.312 e. The van der Waals surface area contributed by atoms with Gasteiger partial charge in [-0.05, 0) is 52.0 Å². The lowest BCUT2D eigenvalue weighted by Gasteiger charge is -2.45. The first-order valence-corrected chi connectivity index (χ1v) is 6.98. The highest BCUT2D eigenvalue weighted by Gasteiger charge is 2.44. The Hall–Kier alpha value is -0.870. The summed E-state index contributed by atoms with van der Waals surface area (Å²) in [6.45, 7) is 14.9. The molecule has 0 bridgehead atoms. The molecule has 1 saturated heterocycles. The van der Waals surface area contributed by atoms with E-state index in [1.165, 1.54) is 0 Å². The topological polar surface area (TPSA) is 47.6 Å². The molecule has 1 rings (SSSR count). The molecule has 0 amide bonds. The molecule has 0 aromatic carbocycles. The van der Waals surface area contributed by atoms with Gasteiger partial charge in [-0.15, -0.1) is 0 Å². The molecule has 4 heteroatoms. The smallest absolute Gasteiger partial charge is 0.312 e. The van der Waals surface area contributed by atoms with Gasteiger partial charge in [-0.25, -0.2) is 4.79 Å². The first kappa shape index (κ1) is 16.2. The van der Waals surface area contributed by atoms with E-state index in [9.17, 15) is 4.79 Å². The molecule has 19 heavy (non-hydrogen) atoms. The van der Waals surface area contributed by atoms with Gasteiger partial charge >= 0.3 is 5.97 Å². The van der Waals surface area contributed by atoms with Crippen LogP contribution in [0.15, 0.2) is 12.7 Å². The SMILES string of the molecule is C=CC(=O)OOC(C)(C(C)C)C1CCNC(C)(C)C1. The average Bonchev–Trinajstić information content (AvgIpc) is 2.33. The maximum atomic E-state index is 11.2. The predicted octanol–water partition coefficient (Wildman–Crippen LogP) is 2.84. The van der Waals surface area contributed by atoms with Crippen molar-refractivity contribution in [3.05, 3.63) is 12.7 Å². The first-order valence-electron chi connectivity index (χ1n) is 6.98. The summed E-state index contributed by atoms with van der Waals surface area (Å²) < 4.78 is 0. The number of hydrogen-bond acceptors (Lipinski definition) is 4. The Labute approximate surface area is 116 Å². The lowest BCUT2D eigenvalue weighted by molar-refractivity contribution is -0.351. The van der Waals surface area contributed by atoms with Gasteiger partial charge in [0, 0.05) is 11.6 Å². The molecule has 0 aliphatic carbocycles. The minimum atomic E-state index is -0.542. The number of nitrogens with one attached hydrogen (secondary N) is 1. The normalized spacial score (nSPS) is 25.7. The maximum absolute atomic E-state index is 11.2. The number of carbonyl (C=O) groups excluding carboxylic acids is 1. The third kappa shape index (κ3) is 4.05. The molecule has 1 heterocycles. The van der Waals surface area contributed by atoms with Crippen molar-refractivity contribution in [3.8, 4) is 0 Å². The molecule has 4 nitrogen and oxygen atoms in total. The largest absolute Gasteiger partial charge is 0.365 e. The lowest BCUT2D eigenvalue weighted by Crippen LogP contribution is -2.54. The highest BCUT2D eigenvalue weighted by Crippen LogP contribution is 2.39. The number of carbonyl (C=O) groups is 1. The fourth-order valence-electron chi connectivity index (χ4n) is 2.66. The van der Waals surface area contributed by atoms with Gasteiger partial charge in [-0.2, -0.15) is 4.89 Å². The van der Waals surface area contributed by atoms with Gasteiger partial charge in [0.25, 0.3) is 0 Å². The summed E-state index contributed by atoms with van der Waals surface area (Å²) in [5, 5.41) is 3.50. The number of rotatable bonds is 5. The number of piperidine rings is 1. The molecule has 110 valence electrons. The van der Waals surface area contributed by atoms with Crippen LogP contribution in [0.25, 0.3) is 0 Å². The molecule has 2 atom stereocenters. The van der Waals surface area contributed by atoms with Crippen molar-refractivity contribution >= 4 is 5.97 Å². The van der Waals surface area contributed by atoms with Crippen molar-refractivity contribution in [2.24, 2.45) is 11.8 Å². The van der Waals surface area contributed by atoms with Crippen molar-refractivity contribution in [3.63, 3.8) is 0 Å². The number of hydrogen-bond donors (Lipinski definition) is 1. The van der Waals surface area contributed by atoms with Crippen LogP contribution in [-0.2, 0) is 14.6 Å². The van der Waals surface area contributed by atoms with Crippen LogP contribution >= 0.6 is 0 Å². The molecule has 0 aromatic heterocycles. The van der Waals surface area contributed by atoms with E-state index in [1.807, 2.05) is 6.92 Å². The van der Waals surface area contributed by atoms with E-state index in [2.05, 4.69) is 39.6 Å². The standard InChI is InChI=1S/C15H27NO3/c1-7-13(17)18-19-15(6,11(2)3)12-8-9-16-14(4,5)10-12/h7,11-12,16H,1,8-10H2,2-6H3. The van der Waals surface area contributed by atoms with Crippen LogP contribution < -0.4 is 5.32 Å². The Morgan fingerprint density at radius 1 is 1.53 bits per heavy atom. The third-order valence-corrected chi connectivity index (χ3v) is 4.28. The van der Waals surface area contributed by atoms with Gasteiger partial charge in [0.15, 0.2) is 0 Å². The van der Waals surface area contributed by atoms with Crippen LogP contribution in [0.4, 0.5) is 0 Å². The molecule has 0 aromatic rings. The Bertz CT molecular complexity index is 338. The van der Waals surface area contributed by atoms with Crippen molar-refractivity contribution in [1.29, 1.82) is 0 Å². The van der Waals surface area contributed by atoms with Crippen LogP contribution in [0.3, 0.4) is 0 Å². The second-order valence-electron chi connectivity index (χ2n) is 6.53. The molecule has 1 aliphatic rings. The summed E-state index contributed by atoms with van der Waals surface area (Å²) in [5.74, 6) is 0.0606. The summed E-state index contributed by atoms with van der Waals surface area (Å²) in [6.07, 6.45) is 3.13. The molecule has 0 radical (unpaired) electrons. The van der Waals surface area contributed by atoms with E-state index in [1.54, 1.807) is 0 Å². The molecular formula is C15H27NO3. The zero-order chi connectivity index (χ0) is 14.7. The fraction of sp³-hybridized carbons (Fsp3) is 0.800. The van der Waals surface area contributed by atoms with E-state index < -0.39 is 11.6 Å². The molecule has 2 unspecified atom stereocenters. The first-order chi connectivity index (χ1) is 8.71. The lowest BCUT2D eigenvalue weighted by atomic mass is 9.71. The Morgan fingerprint density at radius 2 is 2.16 bits per heavy atom. The second-order valence-corrected chi connectivity index (χ2v) is 6.53. The van der Waals surface area contributed by atoms with Crippen LogP contribution in [-0.4, -0.2) is 23.7 Å². The van der Waals surface area contributed by atoms with E-state index in [4.69, 9.17) is 9.78 Å².